The molecule has 6 nitrogen and oxygen atoms in total. The molecule has 2 aromatic carbocycles. The van der Waals surface area contributed by atoms with E-state index in [1.165, 1.54) is 0 Å². The minimum absolute atomic E-state index is 0.165. The molecule has 30 heavy (non-hydrogen) atoms. The third-order valence-electron chi connectivity index (χ3n) is 5.14. The molecule has 0 aliphatic carbocycles. The number of carbonyl (C=O) groups excluding carboxylic acids is 3. The third kappa shape index (κ3) is 4.60. The predicted molar refractivity (Wildman–Crippen MR) is 116 cm³/mol. The van der Waals surface area contributed by atoms with E-state index in [1.54, 1.807) is 18.2 Å². The van der Waals surface area contributed by atoms with E-state index in [9.17, 15) is 14.4 Å². The Hall–Kier alpha value is -2.57. The van der Waals surface area contributed by atoms with Crippen LogP contribution in [0.5, 0.6) is 0 Å². The van der Waals surface area contributed by atoms with E-state index in [-0.39, 0.29) is 13.1 Å². The fraction of sp³-hybridized carbons (Fsp3) is 0.318. The average Bonchev–Trinajstić information content (AvgIpc) is 2.97. The van der Waals surface area contributed by atoms with Crippen LogP contribution in [-0.4, -0.2) is 29.3 Å². The molecule has 1 heterocycles. The van der Waals surface area contributed by atoms with E-state index < -0.39 is 23.4 Å². The Balaban J connectivity index is 1.72. The summed E-state index contributed by atoms with van der Waals surface area (Å²) in [5.41, 5.74) is 0.259. The minimum Gasteiger partial charge on any atom is -0.350 e. The molecular weight excluding hydrogens is 425 g/mol. The second-order valence-corrected chi connectivity index (χ2v) is 8.05. The Bertz CT molecular complexity index is 952. The number of imide groups is 1. The number of hydrogen-bond acceptors (Lipinski definition) is 3. The lowest BCUT2D eigenvalue weighted by Gasteiger charge is -2.27. The van der Waals surface area contributed by atoms with Gasteiger partial charge >= 0.3 is 6.03 Å². The highest BCUT2D eigenvalue weighted by atomic mass is 35.5. The van der Waals surface area contributed by atoms with Gasteiger partial charge in [0.2, 0.25) is 5.91 Å². The minimum atomic E-state index is -1.14. The van der Waals surface area contributed by atoms with Crippen LogP contribution in [0.2, 0.25) is 10.0 Å². The zero-order chi connectivity index (χ0) is 21.7. The quantitative estimate of drug-likeness (QED) is 0.593. The molecule has 1 aliphatic heterocycles. The number of carbonyl (C=O) groups is 3. The van der Waals surface area contributed by atoms with Gasteiger partial charge in [-0.3, -0.25) is 14.5 Å². The van der Waals surface area contributed by atoms with Crippen molar-refractivity contribution in [1.29, 1.82) is 0 Å². The van der Waals surface area contributed by atoms with Gasteiger partial charge in [0.25, 0.3) is 5.91 Å². The standard InChI is InChI=1S/C22H23Cl2N3O3/c1-2-3-11-22(16-7-5-4-6-8-16)20(29)27(21(30)26-22)14-19(28)25-13-15-9-10-17(23)12-18(15)24/h4-10,12H,2-3,11,13-14H2,1H3,(H,25,28)(H,26,30)/t22-/m1/s1. The Kier molecular flexibility index (Phi) is 7.00. The van der Waals surface area contributed by atoms with Crippen molar-refractivity contribution in [3.05, 3.63) is 69.7 Å². The van der Waals surface area contributed by atoms with Gasteiger partial charge in [-0.15, -0.1) is 0 Å². The van der Waals surface area contributed by atoms with Crippen LogP contribution >= 0.6 is 23.2 Å². The van der Waals surface area contributed by atoms with E-state index in [2.05, 4.69) is 10.6 Å². The molecule has 1 atom stereocenters. The first-order valence-electron chi connectivity index (χ1n) is 9.77. The highest BCUT2D eigenvalue weighted by molar-refractivity contribution is 6.35. The van der Waals surface area contributed by atoms with E-state index >= 15 is 0 Å². The Morgan fingerprint density at radius 2 is 1.87 bits per heavy atom. The number of unbranched alkanes of at least 4 members (excludes halogenated alkanes) is 1. The molecule has 8 heteroatoms. The topological polar surface area (TPSA) is 78.5 Å². The van der Waals surface area contributed by atoms with Crippen LogP contribution < -0.4 is 10.6 Å². The largest absolute Gasteiger partial charge is 0.350 e. The summed E-state index contributed by atoms with van der Waals surface area (Å²) in [6, 6.07) is 13.6. The fourth-order valence-corrected chi connectivity index (χ4v) is 3.98. The number of nitrogens with one attached hydrogen (secondary N) is 2. The van der Waals surface area contributed by atoms with Crippen molar-refractivity contribution in [3.8, 4) is 0 Å². The van der Waals surface area contributed by atoms with Crippen LogP contribution in [0.4, 0.5) is 4.79 Å². The van der Waals surface area contributed by atoms with E-state index in [0.717, 1.165) is 17.7 Å². The van der Waals surface area contributed by atoms with E-state index in [0.29, 0.717) is 27.6 Å². The first-order valence-corrected chi connectivity index (χ1v) is 10.5. The van der Waals surface area contributed by atoms with Crippen LogP contribution in [0.15, 0.2) is 48.5 Å². The summed E-state index contributed by atoms with van der Waals surface area (Å²) in [6.45, 7) is 1.82. The molecule has 0 radical (unpaired) electrons. The van der Waals surface area contributed by atoms with Gasteiger partial charge in [0, 0.05) is 16.6 Å². The maximum absolute atomic E-state index is 13.3. The zero-order valence-electron chi connectivity index (χ0n) is 16.6. The van der Waals surface area contributed by atoms with Gasteiger partial charge in [0.15, 0.2) is 0 Å². The summed E-state index contributed by atoms with van der Waals surface area (Å²) < 4.78 is 0. The maximum atomic E-state index is 13.3. The molecule has 0 spiro atoms. The van der Waals surface area contributed by atoms with Gasteiger partial charge < -0.3 is 10.6 Å². The van der Waals surface area contributed by atoms with Crippen molar-refractivity contribution in [2.24, 2.45) is 0 Å². The van der Waals surface area contributed by atoms with Crippen molar-refractivity contribution >= 4 is 41.0 Å². The summed E-state index contributed by atoms with van der Waals surface area (Å²) in [4.78, 5) is 39.3. The zero-order valence-corrected chi connectivity index (χ0v) is 18.1. The number of hydrogen-bond donors (Lipinski definition) is 2. The van der Waals surface area contributed by atoms with Crippen molar-refractivity contribution in [2.75, 3.05) is 6.54 Å². The molecule has 3 rings (SSSR count). The summed E-state index contributed by atoms with van der Waals surface area (Å²) in [5, 5.41) is 6.46. The lowest BCUT2D eigenvalue weighted by molar-refractivity contribution is -0.135. The van der Waals surface area contributed by atoms with Gasteiger partial charge in [-0.05, 0) is 29.7 Å². The molecule has 1 saturated heterocycles. The molecule has 0 unspecified atom stereocenters. The van der Waals surface area contributed by atoms with Gasteiger partial charge in [-0.1, -0.05) is 79.4 Å². The molecule has 4 amide bonds. The molecule has 1 fully saturated rings. The second kappa shape index (κ2) is 9.49. The van der Waals surface area contributed by atoms with Gasteiger partial charge in [0.05, 0.1) is 0 Å². The van der Waals surface area contributed by atoms with Gasteiger partial charge in [0.1, 0.15) is 12.1 Å². The fourth-order valence-electron chi connectivity index (χ4n) is 3.50. The van der Waals surface area contributed by atoms with Crippen LogP contribution in [0.3, 0.4) is 0 Å². The third-order valence-corrected chi connectivity index (χ3v) is 5.73. The van der Waals surface area contributed by atoms with E-state index in [4.69, 9.17) is 23.2 Å². The Morgan fingerprint density at radius 1 is 1.13 bits per heavy atom. The number of nitrogens with zero attached hydrogens (tertiary/aromatic N) is 1. The van der Waals surface area contributed by atoms with Crippen LogP contribution in [0.25, 0.3) is 0 Å². The second-order valence-electron chi connectivity index (χ2n) is 7.21. The molecule has 0 saturated carbocycles. The molecule has 1 aliphatic rings. The van der Waals surface area contributed by atoms with Crippen LogP contribution in [0.1, 0.15) is 37.3 Å². The molecule has 0 bridgehead atoms. The first-order chi connectivity index (χ1) is 14.4. The predicted octanol–water partition coefficient (Wildman–Crippen LogP) is 4.25. The SMILES string of the molecule is CCCC[C@]1(c2ccccc2)NC(=O)N(CC(=O)NCc2ccc(Cl)cc2Cl)C1=O. The summed E-state index contributed by atoms with van der Waals surface area (Å²) in [5.74, 6) is -0.865. The summed E-state index contributed by atoms with van der Waals surface area (Å²) in [6.07, 6.45) is 2.10. The molecule has 2 aromatic rings. The number of halogens is 2. The van der Waals surface area contributed by atoms with Crippen molar-refractivity contribution in [1.82, 2.24) is 15.5 Å². The Morgan fingerprint density at radius 3 is 2.53 bits per heavy atom. The number of urea groups is 1. The number of amides is 4. The highest BCUT2D eigenvalue weighted by Gasteiger charge is 2.52. The molecular formula is C22H23Cl2N3O3. The van der Waals surface area contributed by atoms with Crippen LogP contribution in [0, 0.1) is 0 Å². The molecule has 0 aromatic heterocycles. The highest BCUT2D eigenvalue weighted by Crippen LogP contribution is 2.34. The lowest BCUT2D eigenvalue weighted by Crippen LogP contribution is -2.45. The van der Waals surface area contributed by atoms with Crippen LogP contribution in [-0.2, 0) is 21.7 Å². The average molecular weight is 448 g/mol. The lowest BCUT2D eigenvalue weighted by atomic mass is 9.85. The monoisotopic (exact) mass is 447 g/mol. The normalized spacial score (nSPS) is 18.4. The smallest absolute Gasteiger partial charge is 0.325 e. The van der Waals surface area contributed by atoms with Crippen molar-refractivity contribution in [2.45, 2.75) is 38.3 Å². The van der Waals surface area contributed by atoms with Crippen molar-refractivity contribution in [3.63, 3.8) is 0 Å². The molecule has 158 valence electrons. The summed E-state index contributed by atoms with van der Waals surface area (Å²) in [7, 11) is 0. The van der Waals surface area contributed by atoms with Gasteiger partial charge in [-0.25, -0.2) is 4.79 Å². The van der Waals surface area contributed by atoms with E-state index in [1.807, 2.05) is 37.3 Å². The first kappa shape index (κ1) is 22.1. The van der Waals surface area contributed by atoms with Gasteiger partial charge in [-0.2, -0.15) is 0 Å². The molecule has 2 N–H and O–H groups in total. The summed E-state index contributed by atoms with van der Waals surface area (Å²) >= 11 is 12.0. The number of benzene rings is 2. The van der Waals surface area contributed by atoms with Crippen molar-refractivity contribution < 1.29 is 14.4 Å². The number of rotatable bonds is 8. The maximum Gasteiger partial charge on any atom is 0.325 e. The Labute approximate surface area is 185 Å².